The van der Waals surface area contributed by atoms with Crippen LogP contribution in [-0.4, -0.2) is 4.98 Å². The van der Waals surface area contributed by atoms with Crippen LogP contribution in [0.15, 0.2) is 174 Å². The number of benzene rings is 7. The number of rotatable bonds is 5. The molecular formula is C45H28N2OS. The molecule has 10 rings (SSSR count). The first-order valence-electron chi connectivity index (χ1n) is 16.4. The zero-order valence-corrected chi connectivity index (χ0v) is 27.2. The van der Waals surface area contributed by atoms with Crippen LogP contribution >= 0.6 is 11.3 Å². The first-order valence-corrected chi connectivity index (χ1v) is 17.3. The Labute approximate surface area is 286 Å². The number of fused-ring (bicyclic) bond motifs is 7. The minimum Gasteiger partial charge on any atom is -0.438 e. The molecule has 0 bridgehead atoms. The third-order valence-corrected chi connectivity index (χ3v) is 10.7. The Morgan fingerprint density at radius 1 is 0.469 bits per heavy atom. The van der Waals surface area contributed by atoms with Crippen LogP contribution in [0, 0.1) is 0 Å². The van der Waals surface area contributed by atoms with Crippen LogP contribution in [0.5, 0.6) is 0 Å². The molecule has 3 nitrogen and oxygen atoms in total. The van der Waals surface area contributed by atoms with Crippen molar-refractivity contribution in [3.8, 4) is 22.3 Å². The Morgan fingerprint density at radius 3 is 2.02 bits per heavy atom. The molecule has 230 valence electrons. The van der Waals surface area contributed by atoms with Crippen LogP contribution in [0.1, 0.15) is 0 Å². The molecule has 0 spiro atoms. The molecule has 0 saturated heterocycles. The van der Waals surface area contributed by atoms with Gasteiger partial charge in [0, 0.05) is 54.2 Å². The maximum absolute atomic E-state index is 6.10. The molecule has 0 aliphatic heterocycles. The predicted molar refractivity (Wildman–Crippen MR) is 207 cm³/mol. The van der Waals surface area contributed by atoms with E-state index in [9.17, 15) is 0 Å². The Hall–Kier alpha value is -6.23. The average molecular weight is 645 g/mol. The van der Waals surface area contributed by atoms with E-state index in [0.29, 0.717) is 5.71 Å². The van der Waals surface area contributed by atoms with Gasteiger partial charge in [-0.05, 0) is 106 Å². The lowest BCUT2D eigenvalue weighted by atomic mass is 9.99. The van der Waals surface area contributed by atoms with Gasteiger partial charge >= 0.3 is 0 Å². The Balaban J connectivity index is 1.09. The van der Waals surface area contributed by atoms with Crippen LogP contribution in [-0.2, 0) is 0 Å². The second-order valence-electron chi connectivity index (χ2n) is 12.4. The summed E-state index contributed by atoms with van der Waals surface area (Å²) in [5.41, 5.74) is 9.49. The van der Waals surface area contributed by atoms with Crippen molar-refractivity contribution in [2.45, 2.75) is 0 Å². The van der Waals surface area contributed by atoms with E-state index in [1.54, 1.807) is 6.20 Å². The topological polar surface area (TPSA) is 29.3 Å². The van der Waals surface area contributed by atoms with Gasteiger partial charge in [-0.2, -0.15) is 0 Å². The fourth-order valence-electron chi connectivity index (χ4n) is 7.16. The number of aromatic nitrogens is 1. The Kier molecular flexibility index (Phi) is 6.36. The Morgan fingerprint density at radius 2 is 1.16 bits per heavy atom. The standard InChI is InChI=1S/C45H28N2OS/c1-2-8-32-27-33(15-14-29(32)7-1)30-16-20-34(21-17-30)47(36-24-25-43-40(28-36)38-9-3-4-13-42(38)49-43)35-22-18-31(19-23-35)37-10-5-12-41-44(37)39-11-6-26-46-45(39)48-41/h1-28H. The number of thiophene rings is 1. The van der Waals surface area contributed by atoms with Gasteiger partial charge in [0.15, 0.2) is 0 Å². The van der Waals surface area contributed by atoms with Crippen LogP contribution in [0.4, 0.5) is 17.1 Å². The van der Waals surface area contributed by atoms with E-state index in [-0.39, 0.29) is 0 Å². The summed E-state index contributed by atoms with van der Waals surface area (Å²) in [5.74, 6) is 0. The lowest BCUT2D eigenvalue weighted by Crippen LogP contribution is -2.09. The molecule has 49 heavy (non-hydrogen) atoms. The van der Waals surface area contributed by atoms with E-state index in [1.807, 2.05) is 23.5 Å². The first kappa shape index (κ1) is 27.8. The van der Waals surface area contributed by atoms with E-state index < -0.39 is 0 Å². The minimum atomic E-state index is 0.663. The van der Waals surface area contributed by atoms with Gasteiger partial charge in [-0.1, -0.05) is 91.0 Å². The van der Waals surface area contributed by atoms with E-state index in [2.05, 4.69) is 162 Å². The average Bonchev–Trinajstić information content (AvgIpc) is 3.74. The van der Waals surface area contributed by atoms with Gasteiger partial charge in [-0.3, -0.25) is 0 Å². The fourth-order valence-corrected chi connectivity index (χ4v) is 8.25. The van der Waals surface area contributed by atoms with Crippen molar-refractivity contribution in [1.29, 1.82) is 0 Å². The zero-order valence-electron chi connectivity index (χ0n) is 26.4. The number of hydrogen-bond donors (Lipinski definition) is 0. The number of nitrogens with zero attached hydrogens (tertiary/aromatic N) is 2. The highest BCUT2D eigenvalue weighted by Crippen LogP contribution is 2.42. The van der Waals surface area contributed by atoms with Crippen LogP contribution < -0.4 is 4.90 Å². The second kappa shape index (κ2) is 11.2. The molecule has 3 aromatic heterocycles. The van der Waals surface area contributed by atoms with Crippen molar-refractivity contribution in [1.82, 2.24) is 4.98 Å². The minimum absolute atomic E-state index is 0.663. The molecule has 0 atom stereocenters. The van der Waals surface area contributed by atoms with Gasteiger partial charge in [-0.15, -0.1) is 11.3 Å². The molecule has 0 aliphatic rings. The van der Waals surface area contributed by atoms with Gasteiger partial charge in [0.05, 0.1) is 0 Å². The third kappa shape index (κ3) is 4.68. The quantitative estimate of drug-likeness (QED) is 0.187. The molecule has 0 unspecified atom stereocenters. The molecule has 7 aromatic carbocycles. The van der Waals surface area contributed by atoms with Crippen LogP contribution in [0.3, 0.4) is 0 Å². The smallest absolute Gasteiger partial charge is 0.227 e. The SMILES string of the molecule is c1ccc2cc(-c3ccc(N(c4ccc(-c5cccc6oc7ncccc7c56)cc4)c4ccc5sc6ccccc6c5c4)cc3)ccc2c1. The first-order chi connectivity index (χ1) is 24.3. The molecule has 0 N–H and O–H groups in total. The summed E-state index contributed by atoms with van der Waals surface area (Å²) in [7, 11) is 0. The molecule has 0 radical (unpaired) electrons. The van der Waals surface area contributed by atoms with Crippen molar-refractivity contribution < 1.29 is 4.42 Å². The largest absolute Gasteiger partial charge is 0.438 e. The van der Waals surface area contributed by atoms with Crippen molar-refractivity contribution >= 4 is 81.4 Å². The summed E-state index contributed by atoms with van der Waals surface area (Å²) in [4.78, 5) is 6.82. The van der Waals surface area contributed by atoms with Gasteiger partial charge in [0.25, 0.3) is 0 Å². The van der Waals surface area contributed by atoms with Gasteiger partial charge < -0.3 is 9.32 Å². The molecule has 0 amide bonds. The van der Waals surface area contributed by atoms with E-state index in [0.717, 1.165) is 44.5 Å². The Bertz CT molecular complexity index is 2830. The summed E-state index contributed by atoms with van der Waals surface area (Å²) >= 11 is 1.85. The normalized spacial score (nSPS) is 11.7. The molecular weight excluding hydrogens is 617 g/mol. The highest BCUT2D eigenvalue weighted by Gasteiger charge is 2.17. The highest BCUT2D eigenvalue weighted by molar-refractivity contribution is 7.25. The van der Waals surface area contributed by atoms with E-state index in [1.165, 1.54) is 42.1 Å². The summed E-state index contributed by atoms with van der Waals surface area (Å²) in [5, 5.41) is 7.19. The van der Waals surface area contributed by atoms with Crippen LogP contribution in [0.25, 0.3) is 75.3 Å². The number of furan rings is 1. The van der Waals surface area contributed by atoms with E-state index in [4.69, 9.17) is 4.42 Å². The van der Waals surface area contributed by atoms with Gasteiger partial charge in [0.1, 0.15) is 5.58 Å². The molecule has 0 saturated carbocycles. The molecule has 0 aliphatic carbocycles. The van der Waals surface area contributed by atoms with Crippen molar-refractivity contribution in [2.24, 2.45) is 0 Å². The number of hydrogen-bond acceptors (Lipinski definition) is 4. The summed E-state index contributed by atoms with van der Waals surface area (Å²) in [6, 6.07) is 58.8. The van der Waals surface area contributed by atoms with E-state index >= 15 is 0 Å². The van der Waals surface area contributed by atoms with Crippen molar-refractivity contribution in [2.75, 3.05) is 4.90 Å². The monoisotopic (exact) mass is 644 g/mol. The van der Waals surface area contributed by atoms with Crippen molar-refractivity contribution in [3.63, 3.8) is 0 Å². The molecule has 10 aromatic rings. The highest BCUT2D eigenvalue weighted by atomic mass is 32.1. The second-order valence-corrected chi connectivity index (χ2v) is 13.5. The fraction of sp³-hybridized carbons (Fsp3) is 0. The van der Waals surface area contributed by atoms with Gasteiger partial charge in [0.2, 0.25) is 5.71 Å². The number of anilines is 3. The maximum atomic E-state index is 6.10. The lowest BCUT2D eigenvalue weighted by molar-refractivity contribution is 0.654. The maximum Gasteiger partial charge on any atom is 0.227 e. The predicted octanol–water partition coefficient (Wildman–Crippen LogP) is 13.3. The molecule has 3 heterocycles. The summed E-state index contributed by atoms with van der Waals surface area (Å²) < 4.78 is 8.70. The van der Waals surface area contributed by atoms with Crippen LogP contribution in [0.2, 0.25) is 0 Å². The zero-order chi connectivity index (χ0) is 32.3. The third-order valence-electron chi connectivity index (χ3n) is 9.54. The summed E-state index contributed by atoms with van der Waals surface area (Å²) in [6.07, 6.45) is 1.78. The van der Waals surface area contributed by atoms with Crippen molar-refractivity contribution in [3.05, 3.63) is 170 Å². The molecule has 0 fully saturated rings. The lowest BCUT2D eigenvalue weighted by Gasteiger charge is -2.26. The number of pyridine rings is 1. The summed E-state index contributed by atoms with van der Waals surface area (Å²) in [6.45, 7) is 0. The van der Waals surface area contributed by atoms with Gasteiger partial charge in [-0.25, -0.2) is 4.98 Å². The molecule has 4 heteroatoms.